The van der Waals surface area contributed by atoms with E-state index < -0.39 is 11.9 Å². The normalized spacial score (nSPS) is 10.3. The van der Waals surface area contributed by atoms with E-state index in [2.05, 4.69) is 26.2 Å². The van der Waals surface area contributed by atoms with Gasteiger partial charge >= 0.3 is 5.97 Å². The van der Waals surface area contributed by atoms with Crippen LogP contribution in [0.15, 0.2) is 28.2 Å². The molecule has 1 heterocycles. The number of carbonyl (C=O) groups is 2. The lowest BCUT2D eigenvalue weighted by Gasteiger charge is -2.06. The molecule has 0 radical (unpaired) electrons. The molecule has 0 aliphatic heterocycles. The Kier molecular flexibility index (Phi) is 6.19. The number of esters is 1. The second-order valence-electron chi connectivity index (χ2n) is 4.09. The molecule has 0 aliphatic rings. The number of ether oxygens (including phenoxy) is 1. The van der Waals surface area contributed by atoms with Gasteiger partial charge in [-0.05, 0) is 33.6 Å². The Morgan fingerprint density at radius 1 is 1.36 bits per heavy atom. The molecule has 5 nitrogen and oxygen atoms in total. The molecule has 2 aromatic rings. The summed E-state index contributed by atoms with van der Waals surface area (Å²) in [6, 6.07) is 4.81. The topological polar surface area (TPSA) is 68.3 Å². The average molecular weight is 424 g/mol. The molecular weight excluding hydrogens is 415 g/mol. The number of amides is 1. The summed E-state index contributed by atoms with van der Waals surface area (Å²) in [6.07, 6.45) is 1.53. The fraction of sp³-hybridized carbons (Fsp3) is 0.154. The number of anilines is 1. The van der Waals surface area contributed by atoms with Crippen LogP contribution in [0.1, 0.15) is 5.56 Å². The van der Waals surface area contributed by atoms with Gasteiger partial charge in [0.25, 0.3) is 5.91 Å². The van der Waals surface area contributed by atoms with Crippen LogP contribution in [0.5, 0.6) is 0 Å². The highest BCUT2D eigenvalue weighted by atomic mass is 79.9. The van der Waals surface area contributed by atoms with E-state index in [0.717, 1.165) is 3.79 Å². The number of rotatable bonds is 5. The molecule has 116 valence electrons. The average Bonchev–Trinajstić information content (AvgIpc) is 2.85. The van der Waals surface area contributed by atoms with Gasteiger partial charge in [0, 0.05) is 10.0 Å². The lowest BCUT2D eigenvalue weighted by molar-refractivity contribution is -0.146. The SMILES string of the molecule is O=C(COC(=O)Cc1ccc(Cl)cc1Cl)Nc1ncc(Br)s1. The summed E-state index contributed by atoms with van der Waals surface area (Å²) in [5.74, 6) is -1.02. The molecule has 9 heteroatoms. The van der Waals surface area contributed by atoms with Crippen molar-refractivity contribution in [1.82, 2.24) is 4.98 Å². The first-order chi connectivity index (χ1) is 10.4. The first-order valence-electron chi connectivity index (χ1n) is 5.95. The van der Waals surface area contributed by atoms with Gasteiger partial charge in [0.05, 0.1) is 16.4 Å². The molecule has 0 bridgehead atoms. The van der Waals surface area contributed by atoms with Crippen LogP contribution in [-0.4, -0.2) is 23.5 Å². The quantitative estimate of drug-likeness (QED) is 0.739. The van der Waals surface area contributed by atoms with Crippen LogP contribution < -0.4 is 5.32 Å². The molecule has 0 saturated heterocycles. The molecule has 2 rings (SSSR count). The first-order valence-corrected chi connectivity index (χ1v) is 8.31. The van der Waals surface area contributed by atoms with Gasteiger partial charge in [-0.25, -0.2) is 4.98 Å². The zero-order valence-electron chi connectivity index (χ0n) is 10.9. The predicted molar refractivity (Wildman–Crippen MR) is 89.6 cm³/mol. The Bertz CT molecular complexity index is 708. The highest BCUT2D eigenvalue weighted by molar-refractivity contribution is 9.11. The van der Waals surface area contributed by atoms with Crippen LogP contribution in [0.2, 0.25) is 10.0 Å². The van der Waals surface area contributed by atoms with E-state index >= 15 is 0 Å². The maximum Gasteiger partial charge on any atom is 0.310 e. The van der Waals surface area contributed by atoms with E-state index in [1.165, 1.54) is 11.3 Å². The van der Waals surface area contributed by atoms with Crippen LogP contribution in [0.3, 0.4) is 0 Å². The number of aromatic nitrogens is 1. The summed E-state index contributed by atoms with van der Waals surface area (Å²) in [4.78, 5) is 27.2. The zero-order valence-corrected chi connectivity index (χ0v) is 14.9. The van der Waals surface area contributed by atoms with E-state index in [1.807, 2.05) is 0 Å². The third-order valence-electron chi connectivity index (χ3n) is 2.44. The largest absolute Gasteiger partial charge is 0.455 e. The van der Waals surface area contributed by atoms with E-state index in [9.17, 15) is 9.59 Å². The minimum absolute atomic E-state index is 0.0356. The number of nitrogens with zero attached hydrogens (tertiary/aromatic N) is 1. The zero-order chi connectivity index (χ0) is 16.1. The van der Waals surface area contributed by atoms with Gasteiger partial charge in [-0.3, -0.25) is 14.9 Å². The number of thiazole rings is 1. The minimum Gasteiger partial charge on any atom is -0.455 e. The lowest BCUT2D eigenvalue weighted by atomic mass is 10.1. The molecule has 0 atom stereocenters. The van der Waals surface area contributed by atoms with Gasteiger partial charge in [0.1, 0.15) is 0 Å². The number of hydrogen-bond acceptors (Lipinski definition) is 5. The van der Waals surface area contributed by atoms with Crippen LogP contribution >= 0.6 is 50.5 Å². The summed E-state index contributed by atoms with van der Waals surface area (Å²) in [5, 5.41) is 3.80. The number of carbonyl (C=O) groups excluding carboxylic acids is 2. The molecule has 0 fully saturated rings. The van der Waals surface area contributed by atoms with Crippen molar-refractivity contribution in [3.05, 3.63) is 43.8 Å². The van der Waals surface area contributed by atoms with Gasteiger partial charge in [-0.1, -0.05) is 40.6 Å². The van der Waals surface area contributed by atoms with E-state index in [0.29, 0.717) is 20.7 Å². The second-order valence-corrected chi connectivity index (χ2v) is 7.34. The summed E-state index contributed by atoms with van der Waals surface area (Å²) in [5.41, 5.74) is 0.584. The van der Waals surface area contributed by atoms with Gasteiger partial charge < -0.3 is 4.74 Å². The van der Waals surface area contributed by atoms with Crippen molar-refractivity contribution in [2.75, 3.05) is 11.9 Å². The van der Waals surface area contributed by atoms with Crippen LogP contribution in [-0.2, 0) is 20.7 Å². The minimum atomic E-state index is -0.556. The summed E-state index contributed by atoms with van der Waals surface area (Å²) >= 11 is 16.2. The monoisotopic (exact) mass is 422 g/mol. The van der Waals surface area contributed by atoms with Crippen molar-refractivity contribution in [3.63, 3.8) is 0 Å². The number of nitrogens with one attached hydrogen (secondary N) is 1. The van der Waals surface area contributed by atoms with Crippen molar-refractivity contribution in [2.45, 2.75) is 6.42 Å². The van der Waals surface area contributed by atoms with E-state index in [-0.39, 0.29) is 13.0 Å². The molecule has 0 aliphatic carbocycles. The van der Waals surface area contributed by atoms with Crippen LogP contribution in [0.25, 0.3) is 0 Å². The molecular formula is C13H9BrCl2N2O3S. The lowest BCUT2D eigenvalue weighted by Crippen LogP contribution is -2.21. The summed E-state index contributed by atoms with van der Waals surface area (Å²) in [6.45, 7) is -0.388. The molecule has 0 saturated carbocycles. The van der Waals surface area contributed by atoms with Crippen LogP contribution in [0, 0.1) is 0 Å². The Labute approximate surface area is 148 Å². The fourth-order valence-electron chi connectivity index (χ4n) is 1.49. The second kappa shape index (κ2) is 7.92. The molecule has 1 aromatic heterocycles. The molecule has 1 N–H and O–H groups in total. The van der Waals surface area contributed by atoms with Gasteiger partial charge in [-0.2, -0.15) is 0 Å². The Hall–Kier alpha value is -1.15. The Morgan fingerprint density at radius 3 is 2.77 bits per heavy atom. The number of halogens is 3. The maximum absolute atomic E-state index is 11.7. The third-order valence-corrected chi connectivity index (χ3v) is 4.42. The van der Waals surface area contributed by atoms with E-state index in [4.69, 9.17) is 27.9 Å². The van der Waals surface area contributed by atoms with Crippen molar-refractivity contribution >= 4 is 67.5 Å². The maximum atomic E-state index is 11.7. The molecule has 22 heavy (non-hydrogen) atoms. The summed E-state index contributed by atoms with van der Waals surface area (Å²) < 4.78 is 5.68. The first kappa shape index (κ1) is 17.2. The third kappa shape index (κ3) is 5.24. The number of hydrogen-bond donors (Lipinski definition) is 1. The fourth-order valence-corrected chi connectivity index (χ4v) is 3.08. The molecule has 0 unspecified atom stereocenters. The standard InChI is InChI=1S/C13H9BrCl2N2O3S/c14-10-5-17-13(22-10)18-11(19)6-21-12(20)3-7-1-2-8(15)4-9(7)16/h1-2,4-5H,3,6H2,(H,17,18,19). The van der Waals surface area contributed by atoms with Crippen molar-refractivity contribution in [3.8, 4) is 0 Å². The van der Waals surface area contributed by atoms with Gasteiger partial charge in [0.2, 0.25) is 0 Å². The highest BCUT2D eigenvalue weighted by Gasteiger charge is 2.12. The van der Waals surface area contributed by atoms with E-state index in [1.54, 1.807) is 24.4 Å². The highest BCUT2D eigenvalue weighted by Crippen LogP contribution is 2.23. The van der Waals surface area contributed by atoms with Gasteiger partial charge in [0.15, 0.2) is 11.7 Å². The van der Waals surface area contributed by atoms with Gasteiger partial charge in [-0.15, -0.1) is 0 Å². The van der Waals surface area contributed by atoms with Crippen molar-refractivity contribution in [1.29, 1.82) is 0 Å². The van der Waals surface area contributed by atoms with Crippen molar-refractivity contribution < 1.29 is 14.3 Å². The molecule has 1 aromatic carbocycles. The predicted octanol–water partition coefficient (Wildman–Crippen LogP) is 3.94. The summed E-state index contributed by atoms with van der Waals surface area (Å²) in [7, 11) is 0. The Balaban J connectivity index is 1.81. The van der Waals surface area contributed by atoms with Crippen LogP contribution in [0.4, 0.5) is 5.13 Å². The number of benzene rings is 1. The Morgan fingerprint density at radius 2 is 2.14 bits per heavy atom. The molecule has 0 spiro atoms. The van der Waals surface area contributed by atoms with Crippen molar-refractivity contribution in [2.24, 2.45) is 0 Å². The molecule has 1 amide bonds. The smallest absolute Gasteiger partial charge is 0.310 e.